The number of nitrogens with one attached hydrogen (secondary N) is 1. The molecule has 1 aliphatic rings. The van der Waals surface area contributed by atoms with E-state index in [1.807, 2.05) is 19.0 Å². The SMILES string of the molecule is CC1CNCC(C)N1C(=O)CCN(C)C. The fourth-order valence-electron chi connectivity index (χ4n) is 2.07. The molecule has 4 heteroatoms. The Bertz CT molecular complexity index is 208. The monoisotopic (exact) mass is 213 g/mol. The van der Waals surface area contributed by atoms with Crippen molar-refractivity contribution in [2.75, 3.05) is 33.7 Å². The second-order valence-corrected chi connectivity index (χ2v) is 4.71. The van der Waals surface area contributed by atoms with Gasteiger partial charge in [0.2, 0.25) is 5.91 Å². The van der Waals surface area contributed by atoms with Gasteiger partial charge in [0.1, 0.15) is 0 Å². The summed E-state index contributed by atoms with van der Waals surface area (Å²) in [6.07, 6.45) is 0.627. The lowest BCUT2D eigenvalue weighted by Gasteiger charge is -2.39. The van der Waals surface area contributed by atoms with Crippen molar-refractivity contribution in [2.45, 2.75) is 32.4 Å². The number of carbonyl (C=O) groups excluding carboxylic acids is 1. The molecule has 88 valence electrons. The van der Waals surface area contributed by atoms with Crippen molar-refractivity contribution in [3.8, 4) is 0 Å². The van der Waals surface area contributed by atoms with Crippen LogP contribution in [0.4, 0.5) is 0 Å². The summed E-state index contributed by atoms with van der Waals surface area (Å²) in [7, 11) is 4.00. The first-order valence-electron chi connectivity index (χ1n) is 5.69. The van der Waals surface area contributed by atoms with Crippen LogP contribution in [0.3, 0.4) is 0 Å². The maximum absolute atomic E-state index is 12.0. The molecule has 2 unspecified atom stereocenters. The summed E-state index contributed by atoms with van der Waals surface area (Å²) in [5.74, 6) is 0.283. The Balaban J connectivity index is 2.48. The van der Waals surface area contributed by atoms with Crippen molar-refractivity contribution in [2.24, 2.45) is 0 Å². The third kappa shape index (κ3) is 3.47. The van der Waals surface area contributed by atoms with E-state index < -0.39 is 0 Å². The topological polar surface area (TPSA) is 35.6 Å². The van der Waals surface area contributed by atoms with Gasteiger partial charge in [0.05, 0.1) is 0 Å². The van der Waals surface area contributed by atoms with E-state index in [4.69, 9.17) is 0 Å². The zero-order valence-electron chi connectivity index (χ0n) is 10.3. The average molecular weight is 213 g/mol. The predicted molar refractivity (Wildman–Crippen MR) is 61.8 cm³/mol. The summed E-state index contributed by atoms with van der Waals surface area (Å²) in [5, 5.41) is 3.33. The van der Waals surface area contributed by atoms with Gasteiger partial charge in [-0.2, -0.15) is 0 Å². The average Bonchev–Trinajstić information content (AvgIpc) is 2.14. The highest BCUT2D eigenvalue weighted by Crippen LogP contribution is 2.11. The first-order chi connectivity index (χ1) is 7.02. The molecular formula is C11H23N3O. The van der Waals surface area contributed by atoms with Crippen LogP contribution >= 0.6 is 0 Å². The molecule has 1 heterocycles. The smallest absolute Gasteiger partial charge is 0.224 e. The van der Waals surface area contributed by atoms with Crippen molar-refractivity contribution >= 4 is 5.91 Å². The van der Waals surface area contributed by atoms with E-state index in [2.05, 4.69) is 24.1 Å². The number of piperazine rings is 1. The molecule has 1 rings (SSSR count). The summed E-state index contributed by atoms with van der Waals surface area (Å²) in [6.45, 7) is 6.88. The lowest BCUT2D eigenvalue weighted by molar-refractivity contribution is -0.136. The Morgan fingerprint density at radius 2 is 1.87 bits per heavy atom. The molecule has 0 aromatic rings. The van der Waals surface area contributed by atoms with E-state index in [1.165, 1.54) is 0 Å². The first kappa shape index (κ1) is 12.5. The van der Waals surface area contributed by atoms with E-state index in [0.29, 0.717) is 18.5 Å². The van der Waals surface area contributed by atoms with Crippen LogP contribution in [0.5, 0.6) is 0 Å². The number of rotatable bonds is 3. The maximum atomic E-state index is 12.0. The van der Waals surface area contributed by atoms with Gasteiger partial charge >= 0.3 is 0 Å². The van der Waals surface area contributed by atoms with Crippen LogP contribution in [0.15, 0.2) is 0 Å². The van der Waals surface area contributed by atoms with E-state index in [-0.39, 0.29) is 5.91 Å². The van der Waals surface area contributed by atoms with Crippen molar-refractivity contribution in [1.29, 1.82) is 0 Å². The Morgan fingerprint density at radius 3 is 2.33 bits per heavy atom. The second-order valence-electron chi connectivity index (χ2n) is 4.71. The molecule has 0 saturated carbocycles. The molecule has 4 nitrogen and oxygen atoms in total. The van der Waals surface area contributed by atoms with E-state index >= 15 is 0 Å². The van der Waals surface area contributed by atoms with Crippen LogP contribution in [0.2, 0.25) is 0 Å². The highest BCUT2D eigenvalue weighted by molar-refractivity contribution is 5.77. The summed E-state index contributed by atoms with van der Waals surface area (Å²) in [5.41, 5.74) is 0. The Hall–Kier alpha value is -0.610. The minimum Gasteiger partial charge on any atom is -0.335 e. The van der Waals surface area contributed by atoms with Crippen molar-refractivity contribution in [3.05, 3.63) is 0 Å². The molecule has 1 N–H and O–H groups in total. The molecule has 1 amide bonds. The fourth-order valence-corrected chi connectivity index (χ4v) is 2.07. The Labute approximate surface area is 92.6 Å². The molecule has 0 spiro atoms. The Kier molecular flexibility index (Phi) is 4.54. The highest BCUT2D eigenvalue weighted by Gasteiger charge is 2.28. The number of hydrogen-bond donors (Lipinski definition) is 1. The quantitative estimate of drug-likeness (QED) is 0.725. The highest BCUT2D eigenvalue weighted by atomic mass is 16.2. The molecule has 1 fully saturated rings. The van der Waals surface area contributed by atoms with Gasteiger partial charge < -0.3 is 15.1 Å². The van der Waals surface area contributed by atoms with Gasteiger partial charge in [-0.15, -0.1) is 0 Å². The van der Waals surface area contributed by atoms with E-state index in [1.54, 1.807) is 0 Å². The van der Waals surface area contributed by atoms with Crippen LogP contribution in [-0.4, -0.2) is 61.5 Å². The van der Waals surface area contributed by atoms with Crippen LogP contribution in [0.1, 0.15) is 20.3 Å². The van der Waals surface area contributed by atoms with Gasteiger partial charge in [-0.1, -0.05) is 0 Å². The zero-order chi connectivity index (χ0) is 11.4. The van der Waals surface area contributed by atoms with Crippen LogP contribution in [0.25, 0.3) is 0 Å². The summed E-state index contributed by atoms with van der Waals surface area (Å²) in [4.78, 5) is 16.1. The number of amides is 1. The van der Waals surface area contributed by atoms with Gasteiger partial charge in [-0.05, 0) is 27.9 Å². The summed E-state index contributed by atoms with van der Waals surface area (Å²) >= 11 is 0. The molecule has 0 radical (unpaired) electrons. The molecule has 0 aromatic carbocycles. The van der Waals surface area contributed by atoms with Crippen LogP contribution < -0.4 is 5.32 Å². The van der Waals surface area contributed by atoms with Gasteiger partial charge in [0.15, 0.2) is 0 Å². The summed E-state index contributed by atoms with van der Waals surface area (Å²) in [6, 6.07) is 0.645. The normalized spacial score (nSPS) is 27.1. The third-order valence-corrected chi connectivity index (χ3v) is 2.89. The fraction of sp³-hybridized carbons (Fsp3) is 0.909. The predicted octanol–water partition coefficient (Wildman–Crippen LogP) is 0.147. The van der Waals surface area contributed by atoms with Crippen LogP contribution in [0, 0.1) is 0 Å². The molecule has 0 aliphatic carbocycles. The van der Waals surface area contributed by atoms with Crippen molar-refractivity contribution in [3.63, 3.8) is 0 Å². The second kappa shape index (κ2) is 5.47. The molecule has 2 atom stereocenters. The first-order valence-corrected chi connectivity index (χ1v) is 5.69. The minimum absolute atomic E-state index is 0.283. The van der Waals surface area contributed by atoms with Gasteiger partial charge in [0.25, 0.3) is 0 Å². The molecule has 1 aliphatic heterocycles. The molecule has 0 bridgehead atoms. The van der Waals surface area contributed by atoms with Gasteiger partial charge in [0, 0.05) is 38.1 Å². The summed E-state index contributed by atoms with van der Waals surface area (Å²) < 4.78 is 0. The standard InChI is InChI=1S/C11H23N3O/c1-9-7-12-8-10(2)14(9)11(15)5-6-13(3)4/h9-10,12H,5-8H2,1-4H3. The van der Waals surface area contributed by atoms with Gasteiger partial charge in [-0.25, -0.2) is 0 Å². The van der Waals surface area contributed by atoms with Crippen molar-refractivity contribution in [1.82, 2.24) is 15.1 Å². The zero-order valence-corrected chi connectivity index (χ0v) is 10.3. The molecular weight excluding hydrogens is 190 g/mol. The maximum Gasteiger partial charge on any atom is 0.224 e. The number of nitrogens with zero attached hydrogens (tertiary/aromatic N) is 2. The lowest BCUT2D eigenvalue weighted by Crippen LogP contribution is -2.57. The molecule has 0 aromatic heterocycles. The van der Waals surface area contributed by atoms with Gasteiger partial charge in [-0.3, -0.25) is 4.79 Å². The van der Waals surface area contributed by atoms with E-state index in [9.17, 15) is 4.79 Å². The molecule has 1 saturated heterocycles. The Morgan fingerprint density at radius 1 is 1.33 bits per heavy atom. The van der Waals surface area contributed by atoms with Crippen molar-refractivity contribution < 1.29 is 4.79 Å². The van der Waals surface area contributed by atoms with E-state index in [0.717, 1.165) is 19.6 Å². The number of hydrogen-bond acceptors (Lipinski definition) is 3. The largest absolute Gasteiger partial charge is 0.335 e. The number of carbonyl (C=O) groups is 1. The molecule has 15 heavy (non-hydrogen) atoms. The minimum atomic E-state index is 0.283. The third-order valence-electron chi connectivity index (χ3n) is 2.89. The van der Waals surface area contributed by atoms with Crippen LogP contribution in [-0.2, 0) is 4.79 Å². The lowest BCUT2D eigenvalue weighted by atomic mass is 10.1.